The van der Waals surface area contributed by atoms with Gasteiger partial charge in [0.2, 0.25) is 18.0 Å². The van der Waals surface area contributed by atoms with Gasteiger partial charge in [-0.15, -0.1) is 0 Å². The van der Waals surface area contributed by atoms with Crippen molar-refractivity contribution in [1.82, 2.24) is 9.80 Å². The van der Waals surface area contributed by atoms with Gasteiger partial charge in [-0.1, -0.05) is 18.2 Å². The van der Waals surface area contributed by atoms with Gasteiger partial charge in [-0.3, -0.25) is 9.59 Å². The predicted molar refractivity (Wildman–Crippen MR) is 102 cm³/mol. The fourth-order valence-corrected chi connectivity index (χ4v) is 4.20. The zero-order chi connectivity index (χ0) is 19.8. The lowest BCUT2D eigenvalue weighted by Crippen LogP contribution is -2.39. The number of aliphatic imine (C=N–C) groups is 2. The summed E-state index contributed by atoms with van der Waals surface area (Å²) < 4.78 is 18.9. The minimum atomic E-state index is -1.73. The molecule has 2 saturated heterocycles. The lowest BCUT2D eigenvalue weighted by Gasteiger charge is -2.24. The third-order valence-electron chi connectivity index (χ3n) is 5.73. The summed E-state index contributed by atoms with van der Waals surface area (Å²) >= 11 is 0. The summed E-state index contributed by atoms with van der Waals surface area (Å²) in [6.07, 6.45) is -1.41. The van der Waals surface area contributed by atoms with Gasteiger partial charge in [-0.2, -0.15) is 4.99 Å². The van der Waals surface area contributed by atoms with Gasteiger partial charge in [0.1, 0.15) is 5.75 Å². The average molecular weight is 386 g/mol. The molecule has 1 aromatic carbocycles. The van der Waals surface area contributed by atoms with E-state index in [9.17, 15) is 14.0 Å². The van der Waals surface area contributed by atoms with E-state index in [1.807, 2.05) is 34.1 Å². The molecule has 2 amide bonds. The van der Waals surface area contributed by atoms with E-state index in [0.29, 0.717) is 50.4 Å². The number of guanidine groups is 1. The number of carbonyl (C=O) groups is 2. The molecule has 0 saturated carbocycles. The topological polar surface area (TPSA) is 74.6 Å². The third kappa shape index (κ3) is 3.39. The SMILES string of the molecule is COc1ccccc1CC(=O)N1CC2CN(C3=NC(=O)C(F)C(C)=N3)CC2C1. The van der Waals surface area contributed by atoms with Crippen molar-refractivity contribution in [1.29, 1.82) is 0 Å². The number of amides is 2. The van der Waals surface area contributed by atoms with Gasteiger partial charge in [0.15, 0.2) is 0 Å². The monoisotopic (exact) mass is 386 g/mol. The molecular weight excluding hydrogens is 363 g/mol. The van der Waals surface area contributed by atoms with E-state index in [0.717, 1.165) is 11.3 Å². The number of rotatable bonds is 3. The van der Waals surface area contributed by atoms with Gasteiger partial charge in [0.25, 0.3) is 5.91 Å². The number of likely N-dealkylation sites (tertiary alicyclic amines) is 2. The lowest BCUT2D eigenvalue weighted by molar-refractivity contribution is -0.129. The van der Waals surface area contributed by atoms with Crippen molar-refractivity contribution in [3.8, 4) is 5.75 Å². The number of fused-ring (bicyclic) bond motifs is 1. The van der Waals surface area contributed by atoms with Crippen LogP contribution in [0.4, 0.5) is 4.39 Å². The molecule has 3 heterocycles. The Morgan fingerprint density at radius 1 is 1.18 bits per heavy atom. The number of nitrogens with zero attached hydrogens (tertiary/aromatic N) is 4. The van der Waals surface area contributed by atoms with E-state index in [4.69, 9.17) is 4.74 Å². The van der Waals surface area contributed by atoms with Gasteiger partial charge in [0, 0.05) is 43.6 Å². The molecule has 1 aromatic rings. The molecule has 3 unspecified atom stereocenters. The Labute approximate surface area is 162 Å². The molecule has 8 heteroatoms. The first-order valence-electron chi connectivity index (χ1n) is 9.42. The molecule has 7 nitrogen and oxygen atoms in total. The van der Waals surface area contributed by atoms with Gasteiger partial charge in [0.05, 0.1) is 19.2 Å². The van der Waals surface area contributed by atoms with Gasteiger partial charge >= 0.3 is 0 Å². The summed E-state index contributed by atoms with van der Waals surface area (Å²) in [7, 11) is 1.60. The van der Waals surface area contributed by atoms with Crippen molar-refractivity contribution >= 4 is 23.5 Å². The fraction of sp³-hybridized carbons (Fsp3) is 0.500. The standard InChI is InChI=1S/C20H23FN4O3/c1-12-18(21)19(27)23-20(22-12)25-10-14-8-24(9-15(14)11-25)17(26)7-13-5-3-4-6-16(13)28-2/h3-6,14-15,18H,7-11H2,1-2H3. The van der Waals surface area contributed by atoms with Crippen LogP contribution in [0.15, 0.2) is 34.3 Å². The molecule has 3 atom stereocenters. The van der Waals surface area contributed by atoms with Crippen LogP contribution in [0.5, 0.6) is 5.75 Å². The Morgan fingerprint density at radius 2 is 1.86 bits per heavy atom. The van der Waals surface area contributed by atoms with Crippen molar-refractivity contribution in [3.63, 3.8) is 0 Å². The van der Waals surface area contributed by atoms with Crippen LogP contribution in [0.3, 0.4) is 0 Å². The molecular formula is C20H23FN4O3. The number of para-hydroxylation sites is 1. The molecule has 0 N–H and O–H groups in total. The molecule has 0 bridgehead atoms. The zero-order valence-corrected chi connectivity index (χ0v) is 16.0. The van der Waals surface area contributed by atoms with Crippen LogP contribution in [0.2, 0.25) is 0 Å². The summed E-state index contributed by atoms with van der Waals surface area (Å²) in [6, 6.07) is 7.55. The molecule has 0 radical (unpaired) electrons. The maximum atomic E-state index is 13.6. The van der Waals surface area contributed by atoms with E-state index < -0.39 is 12.1 Å². The molecule has 2 fully saturated rings. The second-order valence-corrected chi connectivity index (χ2v) is 7.58. The van der Waals surface area contributed by atoms with E-state index in [-0.39, 0.29) is 11.6 Å². The highest BCUT2D eigenvalue weighted by molar-refractivity contribution is 6.16. The van der Waals surface area contributed by atoms with Crippen molar-refractivity contribution < 1.29 is 18.7 Å². The van der Waals surface area contributed by atoms with Crippen molar-refractivity contribution in [2.45, 2.75) is 19.5 Å². The first-order chi connectivity index (χ1) is 13.5. The minimum Gasteiger partial charge on any atom is -0.496 e. The van der Waals surface area contributed by atoms with Gasteiger partial charge < -0.3 is 14.5 Å². The van der Waals surface area contributed by atoms with Crippen LogP contribution in [0.1, 0.15) is 12.5 Å². The van der Waals surface area contributed by atoms with Crippen molar-refractivity contribution in [2.24, 2.45) is 21.8 Å². The van der Waals surface area contributed by atoms with Crippen molar-refractivity contribution in [2.75, 3.05) is 33.3 Å². The largest absolute Gasteiger partial charge is 0.496 e. The molecule has 0 aliphatic carbocycles. The third-order valence-corrected chi connectivity index (χ3v) is 5.73. The summed E-state index contributed by atoms with van der Waals surface area (Å²) in [5, 5.41) is 0. The number of halogens is 1. The van der Waals surface area contributed by atoms with Crippen molar-refractivity contribution in [3.05, 3.63) is 29.8 Å². The van der Waals surface area contributed by atoms with Crippen LogP contribution >= 0.6 is 0 Å². The molecule has 0 aromatic heterocycles. The number of hydrogen-bond acceptors (Lipinski definition) is 5. The van der Waals surface area contributed by atoms with Crippen LogP contribution < -0.4 is 4.74 Å². The van der Waals surface area contributed by atoms with Gasteiger partial charge in [-0.25, -0.2) is 9.38 Å². The highest BCUT2D eigenvalue weighted by Gasteiger charge is 2.43. The molecule has 3 aliphatic rings. The fourth-order valence-electron chi connectivity index (χ4n) is 4.20. The van der Waals surface area contributed by atoms with Crippen LogP contribution in [-0.2, 0) is 16.0 Å². The quantitative estimate of drug-likeness (QED) is 0.785. The second-order valence-electron chi connectivity index (χ2n) is 7.58. The lowest BCUT2D eigenvalue weighted by atomic mass is 10.0. The summed E-state index contributed by atoms with van der Waals surface area (Å²) in [5.74, 6) is 0.937. The van der Waals surface area contributed by atoms with E-state index in [1.54, 1.807) is 7.11 Å². The number of methoxy groups -OCH3 is 1. The first-order valence-corrected chi connectivity index (χ1v) is 9.42. The van der Waals surface area contributed by atoms with Crippen LogP contribution in [0, 0.1) is 11.8 Å². The van der Waals surface area contributed by atoms with Gasteiger partial charge in [-0.05, 0) is 13.0 Å². The summed E-state index contributed by atoms with van der Waals surface area (Å²) in [4.78, 5) is 36.2. The predicted octanol–water partition coefficient (Wildman–Crippen LogP) is 1.32. The highest BCUT2D eigenvalue weighted by Crippen LogP contribution is 2.32. The Balaban J connectivity index is 1.37. The molecule has 4 rings (SSSR count). The number of carbonyl (C=O) groups excluding carboxylic acids is 2. The molecule has 28 heavy (non-hydrogen) atoms. The summed E-state index contributed by atoms with van der Waals surface area (Å²) in [6.45, 7) is 4.19. The number of benzene rings is 1. The second kappa shape index (κ2) is 7.33. The van der Waals surface area contributed by atoms with E-state index in [1.165, 1.54) is 6.92 Å². The number of ether oxygens (including phenoxy) is 1. The Kier molecular flexibility index (Phi) is 4.87. The highest BCUT2D eigenvalue weighted by atomic mass is 19.1. The normalized spacial score (nSPS) is 26.8. The number of alkyl halides is 1. The zero-order valence-electron chi connectivity index (χ0n) is 16.0. The first kappa shape index (κ1) is 18.6. The maximum Gasteiger partial charge on any atom is 0.289 e. The Hall–Kier alpha value is -2.77. The number of hydrogen-bond donors (Lipinski definition) is 0. The minimum absolute atomic E-state index is 0.0878. The van der Waals surface area contributed by atoms with Crippen LogP contribution in [-0.4, -0.2) is 72.7 Å². The average Bonchev–Trinajstić information content (AvgIpc) is 3.25. The van der Waals surface area contributed by atoms with E-state index >= 15 is 0 Å². The Morgan fingerprint density at radius 3 is 2.50 bits per heavy atom. The molecule has 0 spiro atoms. The molecule has 3 aliphatic heterocycles. The molecule has 148 valence electrons. The maximum absolute atomic E-state index is 13.6. The summed E-state index contributed by atoms with van der Waals surface area (Å²) in [5.41, 5.74) is 1.04. The smallest absolute Gasteiger partial charge is 0.289 e. The van der Waals surface area contributed by atoms with Crippen LogP contribution in [0.25, 0.3) is 0 Å². The van der Waals surface area contributed by atoms with E-state index in [2.05, 4.69) is 9.98 Å². The Bertz CT molecular complexity index is 855.